The second-order valence-corrected chi connectivity index (χ2v) is 4.40. The fourth-order valence-electron chi connectivity index (χ4n) is 1.99. The second kappa shape index (κ2) is 9.96. The van der Waals surface area contributed by atoms with E-state index in [1.54, 1.807) is 12.0 Å². The molecule has 1 rings (SSSR count). The molecular formula is C12H25N3O4. The molecule has 112 valence electrons. The Kier molecular flexibility index (Phi) is 8.48. The van der Waals surface area contributed by atoms with Crippen LogP contribution in [0.25, 0.3) is 0 Å². The number of hydrogen-bond acceptors (Lipinski definition) is 5. The lowest BCUT2D eigenvalue weighted by Gasteiger charge is -2.34. The Hall–Kier alpha value is -0.890. The number of amides is 2. The van der Waals surface area contributed by atoms with Gasteiger partial charge in [0.1, 0.15) is 0 Å². The van der Waals surface area contributed by atoms with Crippen LogP contribution in [0.15, 0.2) is 0 Å². The van der Waals surface area contributed by atoms with Crippen LogP contribution in [0.4, 0.5) is 4.79 Å². The van der Waals surface area contributed by atoms with Crippen molar-refractivity contribution in [3.05, 3.63) is 0 Å². The summed E-state index contributed by atoms with van der Waals surface area (Å²) in [6.07, 6.45) is 0.786. The molecule has 0 bridgehead atoms. The molecule has 0 aliphatic carbocycles. The first-order chi connectivity index (χ1) is 9.25. The Morgan fingerprint density at radius 3 is 2.63 bits per heavy atom. The molecule has 3 N–H and O–H groups in total. The van der Waals surface area contributed by atoms with Crippen molar-refractivity contribution in [2.75, 3.05) is 59.8 Å². The van der Waals surface area contributed by atoms with E-state index in [9.17, 15) is 4.79 Å². The van der Waals surface area contributed by atoms with E-state index in [2.05, 4.69) is 5.32 Å². The van der Waals surface area contributed by atoms with Gasteiger partial charge in [0.15, 0.2) is 0 Å². The van der Waals surface area contributed by atoms with Gasteiger partial charge in [-0.05, 0) is 6.42 Å². The molecule has 0 radical (unpaired) electrons. The largest absolute Gasteiger partial charge is 0.382 e. The van der Waals surface area contributed by atoms with Gasteiger partial charge in [0.05, 0.1) is 26.4 Å². The summed E-state index contributed by atoms with van der Waals surface area (Å²) in [5, 5.41) is 3.25. The zero-order chi connectivity index (χ0) is 13.9. The summed E-state index contributed by atoms with van der Waals surface area (Å²) in [7, 11) is 1.64. The number of rotatable bonds is 9. The number of urea groups is 1. The molecule has 19 heavy (non-hydrogen) atoms. The molecule has 2 amide bonds. The summed E-state index contributed by atoms with van der Waals surface area (Å²) in [5.41, 5.74) is 5.34. The molecule has 0 saturated carbocycles. The zero-order valence-electron chi connectivity index (χ0n) is 11.6. The van der Waals surface area contributed by atoms with E-state index in [1.807, 2.05) is 0 Å². The van der Waals surface area contributed by atoms with Crippen molar-refractivity contribution in [1.82, 2.24) is 10.2 Å². The number of nitrogens with zero attached hydrogens (tertiary/aromatic N) is 1. The van der Waals surface area contributed by atoms with E-state index in [4.69, 9.17) is 19.9 Å². The Bertz CT molecular complexity index is 253. The number of primary amides is 1. The molecule has 1 heterocycles. The van der Waals surface area contributed by atoms with E-state index in [0.717, 1.165) is 19.5 Å². The molecule has 0 aromatic rings. The topological polar surface area (TPSA) is 86.1 Å². The first-order valence-corrected chi connectivity index (χ1v) is 6.67. The van der Waals surface area contributed by atoms with Crippen LogP contribution in [0, 0.1) is 0 Å². The molecule has 1 saturated heterocycles. The molecule has 1 aliphatic heterocycles. The minimum Gasteiger partial charge on any atom is -0.382 e. The predicted octanol–water partition coefficient (Wildman–Crippen LogP) is -0.591. The molecule has 0 spiro atoms. The quantitative estimate of drug-likeness (QED) is 0.549. The third kappa shape index (κ3) is 6.72. The van der Waals surface area contributed by atoms with Crippen LogP contribution in [-0.2, 0) is 14.2 Å². The number of nitrogens with one attached hydrogen (secondary N) is 1. The van der Waals surface area contributed by atoms with E-state index >= 15 is 0 Å². The molecule has 1 atom stereocenters. The Balaban J connectivity index is 2.02. The minimum atomic E-state index is -0.352. The maximum absolute atomic E-state index is 11.2. The Morgan fingerprint density at radius 2 is 1.95 bits per heavy atom. The highest BCUT2D eigenvalue weighted by Crippen LogP contribution is 2.07. The summed E-state index contributed by atoms with van der Waals surface area (Å²) in [6.45, 7) is 5.14. The van der Waals surface area contributed by atoms with Crippen molar-refractivity contribution < 1.29 is 19.0 Å². The molecule has 7 heteroatoms. The number of hydrogen-bond donors (Lipinski definition) is 2. The van der Waals surface area contributed by atoms with Crippen molar-refractivity contribution in [3.8, 4) is 0 Å². The summed E-state index contributed by atoms with van der Waals surface area (Å²) < 4.78 is 15.6. The second-order valence-electron chi connectivity index (χ2n) is 4.40. The van der Waals surface area contributed by atoms with Crippen molar-refractivity contribution in [2.45, 2.75) is 12.5 Å². The Morgan fingerprint density at radius 1 is 1.26 bits per heavy atom. The standard InChI is InChI=1S/C12H25N3O4/c1-17-6-7-19-9-8-18-5-2-11-10-14-3-4-15(11)12(13)16/h11,14H,2-10H2,1H3,(H2,13,16). The average Bonchev–Trinajstić information content (AvgIpc) is 2.42. The van der Waals surface area contributed by atoms with Crippen molar-refractivity contribution in [1.29, 1.82) is 0 Å². The van der Waals surface area contributed by atoms with Crippen LogP contribution < -0.4 is 11.1 Å². The number of carbonyl (C=O) groups is 1. The molecule has 7 nitrogen and oxygen atoms in total. The van der Waals surface area contributed by atoms with Gasteiger partial charge in [0, 0.05) is 39.4 Å². The van der Waals surface area contributed by atoms with E-state index < -0.39 is 0 Å². The predicted molar refractivity (Wildman–Crippen MR) is 71.1 cm³/mol. The zero-order valence-corrected chi connectivity index (χ0v) is 11.6. The van der Waals surface area contributed by atoms with Gasteiger partial charge in [0.25, 0.3) is 0 Å². The number of nitrogens with two attached hydrogens (primary N) is 1. The van der Waals surface area contributed by atoms with Gasteiger partial charge < -0.3 is 30.2 Å². The number of ether oxygens (including phenoxy) is 3. The molecule has 1 unspecified atom stereocenters. The van der Waals surface area contributed by atoms with Gasteiger partial charge in [-0.3, -0.25) is 0 Å². The van der Waals surface area contributed by atoms with E-state index in [-0.39, 0.29) is 12.1 Å². The highest BCUT2D eigenvalue weighted by molar-refractivity contribution is 5.72. The smallest absolute Gasteiger partial charge is 0.315 e. The lowest BCUT2D eigenvalue weighted by Crippen LogP contribution is -2.55. The number of carbonyl (C=O) groups excluding carboxylic acids is 1. The van der Waals surface area contributed by atoms with Crippen LogP contribution in [0.5, 0.6) is 0 Å². The highest BCUT2D eigenvalue weighted by Gasteiger charge is 2.24. The van der Waals surface area contributed by atoms with Crippen LogP contribution in [-0.4, -0.2) is 76.8 Å². The lowest BCUT2D eigenvalue weighted by atomic mass is 10.1. The monoisotopic (exact) mass is 275 g/mol. The maximum Gasteiger partial charge on any atom is 0.315 e. The van der Waals surface area contributed by atoms with Crippen LogP contribution in [0.2, 0.25) is 0 Å². The number of methoxy groups -OCH3 is 1. The summed E-state index contributed by atoms with van der Waals surface area (Å²) >= 11 is 0. The third-order valence-electron chi connectivity index (χ3n) is 3.03. The Labute approximate surface area is 114 Å². The fourth-order valence-corrected chi connectivity index (χ4v) is 1.99. The molecule has 0 aromatic heterocycles. The van der Waals surface area contributed by atoms with Crippen molar-refractivity contribution in [2.24, 2.45) is 5.73 Å². The molecular weight excluding hydrogens is 250 g/mol. The van der Waals surface area contributed by atoms with E-state index in [0.29, 0.717) is 39.6 Å². The van der Waals surface area contributed by atoms with Crippen LogP contribution >= 0.6 is 0 Å². The van der Waals surface area contributed by atoms with E-state index in [1.165, 1.54) is 0 Å². The molecule has 1 aliphatic rings. The van der Waals surface area contributed by atoms with Gasteiger partial charge in [0.2, 0.25) is 0 Å². The number of piperazine rings is 1. The average molecular weight is 275 g/mol. The van der Waals surface area contributed by atoms with Crippen LogP contribution in [0.3, 0.4) is 0 Å². The highest BCUT2D eigenvalue weighted by atomic mass is 16.5. The fraction of sp³-hybridized carbons (Fsp3) is 0.917. The first kappa shape index (κ1) is 16.2. The van der Waals surface area contributed by atoms with Gasteiger partial charge in [-0.15, -0.1) is 0 Å². The third-order valence-corrected chi connectivity index (χ3v) is 3.03. The summed E-state index contributed by atoms with van der Waals surface area (Å²) in [6, 6.07) is -0.227. The first-order valence-electron chi connectivity index (χ1n) is 6.67. The van der Waals surface area contributed by atoms with Crippen molar-refractivity contribution in [3.63, 3.8) is 0 Å². The van der Waals surface area contributed by atoms with Gasteiger partial charge in [-0.2, -0.15) is 0 Å². The summed E-state index contributed by atoms with van der Waals surface area (Å²) in [4.78, 5) is 13.0. The SMILES string of the molecule is COCCOCCOCCC1CNCCN1C(N)=O. The summed E-state index contributed by atoms with van der Waals surface area (Å²) in [5.74, 6) is 0. The van der Waals surface area contributed by atoms with Gasteiger partial charge in [-0.1, -0.05) is 0 Å². The van der Waals surface area contributed by atoms with Crippen LogP contribution in [0.1, 0.15) is 6.42 Å². The van der Waals surface area contributed by atoms with Crippen molar-refractivity contribution >= 4 is 6.03 Å². The maximum atomic E-state index is 11.2. The van der Waals surface area contributed by atoms with Gasteiger partial charge in [-0.25, -0.2) is 4.79 Å². The van der Waals surface area contributed by atoms with Gasteiger partial charge >= 0.3 is 6.03 Å². The molecule has 0 aromatic carbocycles. The minimum absolute atomic E-state index is 0.126. The molecule has 1 fully saturated rings. The lowest BCUT2D eigenvalue weighted by molar-refractivity contribution is 0.0197. The normalized spacial score (nSPS) is 19.6.